The van der Waals surface area contributed by atoms with Gasteiger partial charge in [-0.1, -0.05) is 30.3 Å². The number of methoxy groups -OCH3 is 1. The fourth-order valence-electron chi connectivity index (χ4n) is 2.69. The second-order valence-electron chi connectivity index (χ2n) is 5.45. The van der Waals surface area contributed by atoms with Crippen LogP contribution in [0, 0.1) is 0 Å². The Labute approximate surface area is 138 Å². The Hall–Kier alpha value is -3.34. The number of hydrogen-bond donors (Lipinski definition) is 1. The van der Waals surface area contributed by atoms with Gasteiger partial charge in [-0.05, 0) is 42.0 Å². The zero-order chi connectivity index (χ0) is 16.5. The average Bonchev–Trinajstić information content (AvgIpc) is 3.07. The first kappa shape index (κ1) is 14.3. The van der Waals surface area contributed by atoms with Crippen LogP contribution < -0.4 is 10.4 Å². The summed E-state index contributed by atoms with van der Waals surface area (Å²) >= 11 is 0. The number of fused-ring (bicyclic) bond motifs is 1. The first-order valence-electron chi connectivity index (χ1n) is 7.57. The molecule has 24 heavy (non-hydrogen) atoms. The number of benzene rings is 2. The van der Waals surface area contributed by atoms with Gasteiger partial charge in [0.05, 0.1) is 24.0 Å². The molecule has 0 saturated carbocycles. The molecular formula is C19H15N3O2. The Morgan fingerprint density at radius 3 is 2.42 bits per heavy atom. The number of aromatic amines is 1. The Balaban J connectivity index is 1.83. The standard InChI is InChI=1S/C19H15N3O2/c1-24-16-9-7-14(8-10-16)17-11-15-12-18(13-5-3-2-4-6-13)21-22(15)19(23)20-17/h2-12H,1H3,(H,20,23). The lowest BCUT2D eigenvalue weighted by Gasteiger charge is -2.04. The fraction of sp³-hybridized carbons (Fsp3) is 0.0526. The third kappa shape index (κ3) is 2.46. The van der Waals surface area contributed by atoms with Crippen LogP contribution in [0.5, 0.6) is 5.75 Å². The van der Waals surface area contributed by atoms with E-state index in [1.54, 1.807) is 7.11 Å². The van der Waals surface area contributed by atoms with Gasteiger partial charge in [-0.3, -0.25) is 0 Å². The maximum Gasteiger partial charge on any atom is 0.347 e. The molecule has 0 aliphatic carbocycles. The maximum absolute atomic E-state index is 12.4. The highest BCUT2D eigenvalue weighted by Gasteiger charge is 2.09. The van der Waals surface area contributed by atoms with Crippen molar-refractivity contribution in [3.8, 4) is 28.3 Å². The van der Waals surface area contributed by atoms with E-state index in [1.165, 1.54) is 4.52 Å². The monoisotopic (exact) mass is 317 g/mol. The Bertz CT molecular complexity index is 1050. The molecule has 0 bridgehead atoms. The van der Waals surface area contributed by atoms with Crippen molar-refractivity contribution in [2.45, 2.75) is 0 Å². The third-order valence-corrected chi connectivity index (χ3v) is 3.93. The molecule has 2 aromatic carbocycles. The van der Waals surface area contributed by atoms with Gasteiger partial charge in [-0.25, -0.2) is 4.79 Å². The van der Waals surface area contributed by atoms with Crippen molar-refractivity contribution in [3.63, 3.8) is 0 Å². The van der Waals surface area contributed by atoms with Crippen LogP contribution in [0.25, 0.3) is 28.0 Å². The molecule has 0 amide bonds. The van der Waals surface area contributed by atoms with Gasteiger partial charge < -0.3 is 9.72 Å². The molecule has 5 heteroatoms. The van der Waals surface area contributed by atoms with Crippen molar-refractivity contribution in [2.24, 2.45) is 0 Å². The van der Waals surface area contributed by atoms with Crippen molar-refractivity contribution in [1.82, 2.24) is 14.6 Å². The zero-order valence-electron chi connectivity index (χ0n) is 13.1. The molecule has 118 valence electrons. The van der Waals surface area contributed by atoms with E-state index in [-0.39, 0.29) is 5.69 Å². The Morgan fingerprint density at radius 1 is 0.958 bits per heavy atom. The second kappa shape index (κ2) is 5.70. The van der Waals surface area contributed by atoms with E-state index in [9.17, 15) is 4.79 Å². The summed E-state index contributed by atoms with van der Waals surface area (Å²) in [7, 11) is 1.63. The number of aromatic nitrogens is 3. The number of rotatable bonds is 3. The van der Waals surface area contributed by atoms with Crippen LogP contribution in [0.1, 0.15) is 0 Å². The molecule has 4 aromatic rings. The lowest BCUT2D eigenvalue weighted by Crippen LogP contribution is -2.17. The summed E-state index contributed by atoms with van der Waals surface area (Å²) in [5.41, 5.74) is 3.90. The molecule has 2 aromatic heterocycles. The first-order valence-corrected chi connectivity index (χ1v) is 7.57. The summed E-state index contributed by atoms with van der Waals surface area (Å²) in [5.74, 6) is 0.776. The van der Waals surface area contributed by atoms with Crippen molar-refractivity contribution < 1.29 is 4.74 Å². The van der Waals surface area contributed by atoms with Gasteiger partial charge in [-0.15, -0.1) is 0 Å². The molecule has 5 nitrogen and oxygen atoms in total. The molecule has 1 N–H and O–H groups in total. The lowest BCUT2D eigenvalue weighted by molar-refractivity contribution is 0.415. The van der Waals surface area contributed by atoms with Gasteiger partial charge in [0, 0.05) is 5.56 Å². The molecule has 0 aliphatic rings. The Morgan fingerprint density at radius 2 is 1.71 bits per heavy atom. The topological polar surface area (TPSA) is 59.4 Å². The minimum atomic E-state index is -0.263. The maximum atomic E-state index is 12.4. The fourth-order valence-corrected chi connectivity index (χ4v) is 2.69. The summed E-state index contributed by atoms with van der Waals surface area (Å²) in [6, 6.07) is 21.2. The number of H-pyrrole nitrogens is 1. The SMILES string of the molecule is COc1ccc(-c2cc3cc(-c4ccccc4)nn3c(=O)[nH]2)cc1. The molecule has 0 unspecified atom stereocenters. The molecular weight excluding hydrogens is 302 g/mol. The summed E-state index contributed by atoms with van der Waals surface area (Å²) < 4.78 is 6.55. The Kier molecular flexibility index (Phi) is 3.39. The molecule has 0 radical (unpaired) electrons. The van der Waals surface area contributed by atoms with Gasteiger partial charge in [0.2, 0.25) is 0 Å². The van der Waals surface area contributed by atoms with Crippen molar-refractivity contribution in [2.75, 3.05) is 7.11 Å². The van der Waals surface area contributed by atoms with Crippen LogP contribution in [0.2, 0.25) is 0 Å². The molecule has 0 spiro atoms. The number of ether oxygens (including phenoxy) is 1. The summed E-state index contributed by atoms with van der Waals surface area (Å²) in [6.45, 7) is 0. The normalized spacial score (nSPS) is 10.9. The van der Waals surface area contributed by atoms with Crippen LogP contribution in [-0.2, 0) is 0 Å². The van der Waals surface area contributed by atoms with E-state index in [0.29, 0.717) is 0 Å². The van der Waals surface area contributed by atoms with E-state index in [2.05, 4.69) is 10.1 Å². The van der Waals surface area contributed by atoms with Gasteiger partial charge in [-0.2, -0.15) is 9.61 Å². The van der Waals surface area contributed by atoms with E-state index >= 15 is 0 Å². The molecule has 2 heterocycles. The first-order chi connectivity index (χ1) is 11.7. The molecule has 0 aliphatic heterocycles. The minimum absolute atomic E-state index is 0.263. The molecule has 0 saturated heterocycles. The predicted molar refractivity (Wildman–Crippen MR) is 93.2 cm³/mol. The number of hydrogen-bond acceptors (Lipinski definition) is 3. The van der Waals surface area contributed by atoms with Crippen LogP contribution in [0.4, 0.5) is 0 Å². The van der Waals surface area contributed by atoms with Crippen molar-refractivity contribution >= 4 is 5.52 Å². The summed E-state index contributed by atoms with van der Waals surface area (Å²) in [5, 5.41) is 4.40. The van der Waals surface area contributed by atoms with E-state index in [1.807, 2.05) is 66.7 Å². The van der Waals surface area contributed by atoms with Gasteiger partial charge in [0.1, 0.15) is 5.75 Å². The minimum Gasteiger partial charge on any atom is -0.497 e. The zero-order valence-corrected chi connectivity index (χ0v) is 13.1. The highest BCUT2D eigenvalue weighted by molar-refractivity contribution is 5.70. The highest BCUT2D eigenvalue weighted by Crippen LogP contribution is 2.23. The van der Waals surface area contributed by atoms with Gasteiger partial charge in [0.25, 0.3) is 0 Å². The highest BCUT2D eigenvalue weighted by atomic mass is 16.5. The smallest absolute Gasteiger partial charge is 0.347 e. The van der Waals surface area contributed by atoms with E-state index in [0.717, 1.165) is 33.8 Å². The van der Waals surface area contributed by atoms with Gasteiger partial charge in [0.15, 0.2) is 0 Å². The molecule has 0 fully saturated rings. The van der Waals surface area contributed by atoms with Crippen LogP contribution in [-0.4, -0.2) is 21.7 Å². The van der Waals surface area contributed by atoms with Crippen LogP contribution in [0.3, 0.4) is 0 Å². The number of nitrogens with one attached hydrogen (secondary N) is 1. The second-order valence-corrected chi connectivity index (χ2v) is 5.45. The predicted octanol–water partition coefficient (Wildman–Crippen LogP) is 3.37. The van der Waals surface area contributed by atoms with E-state index < -0.39 is 0 Å². The largest absolute Gasteiger partial charge is 0.497 e. The van der Waals surface area contributed by atoms with Crippen LogP contribution in [0.15, 0.2) is 71.5 Å². The van der Waals surface area contributed by atoms with Crippen molar-refractivity contribution in [3.05, 3.63) is 77.2 Å². The van der Waals surface area contributed by atoms with Gasteiger partial charge >= 0.3 is 5.69 Å². The molecule has 0 atom stereocenters. The van der Waals surface area contributed by atoms with E-state index in [4.69, 9.17) is 4.74 Å². The summed E-state index contributed by atoms with van der Waals surface area (Å²) in [4.78, 5) is 15.2. The molecule has 4 rings (SSSR count). The third-order valence-electron chi connectivity index (χ3n) is 3.93. The number of nitrogens with zero attached hydrogens (tertiary/aromatic N) is 2. The lowest BCUT2D eigenvalue weighted by atomic mass is 10.1. The average molecular weight is 317 g/mol. The van der Waals surface area contributed by atoms with Crippen LogP contribution >= 0.6 is 0 Å². The van der Waals surface area contributed by atoms with Crippen molar-refractivity contribution in [1.29, 1.82) is 0 Å². The summed E-state index contributed by atoms with van der Waals surface area (Å²) in [6.07, 6.45) is 0. The quantitative estimate of drug-likeness (QED) is 0.630.